The fraction of sp³-hybridized carbons (Fsp3) is 0.417. The molecule has 4 nitrogen and oxygen atoms in total. The highest BCUT2D eigenvalue weighted by Crippen LogP contribution is 2.49. The van der Waals surface area contributed by atoms with Gasteiger partial charge in [-0.25, -0.2) is 0 Å². The van der Waals surface area contributed by atoms with Crippen LogP contribution >= 0.6 is 0 Å². The number of Topliss-reactive ketones (excluding diaryl/α,β-unsaturated/α-hetero) is 1. The highest BCUT2D eigenvalue weighted by atomic mass is 16.5. The Labute approximate surface area is 93.2 Å². The van der Waals surface area contributed by atoms with Crippen molar-refractivity contribution < 1.29 is 9.53 Å². The molecule has 0 radical (unpaired) electrons. The predicted octanol–water partition coefficient (Wildman–Crippen LogP) is 0.386. The minimum atomic E-state index is -0.769. The number of para-hydroxylation sites is 1. The quantitative estimate of drug-likeness (QED) is 0.690. The van der Waals surface area contributed by atoms with Crippen molar-refractivity contribution in [1.82, 2.24) is 5.32 Å². The predicted molar refractivity (Wildman–Crippen MR) is 58.6 cm³/mol. The van der Waals surface area contributed by atoms with E-state index in [1.165, 1.54) is 0 Å². The number of ether oxygens (including phenoxy) is 1. The summed E-state index contributed by atoms with van der Waals surface area (Å²) in [5.41, 5.74) is 1.04. The fourth-order valence-corrected chi connectivity index (χ4v) is 3.18. The first kappa shape index (κ1) is 8.73. The molecule has 1 aromatic carbocycles. The summed E-state index contributed by atoms with van der Waals surface area (Å²) in [5, 5.41) is 3.31. The molecule has 0 unspecified atom stereocenters. The minimum Gasteiger partial charge on any atom is -0.350 e. The van der Waals surface area contributed by atoms with Crippen molar-refractivity contribution in [1.29, 1.82) is 0 Å². The van der Waals surface area contributed by atoms with E-state index >= 15 is 0 Å². The van der Waals surface area contributed by atoms with Gasteiger partial charge < -0.3 is 15.0 Å². The normalized spacial score (nSPS) is 38.3. The highest BCUT2D eigenvalue weighted by molar-refractivity contribution is 6.14. The lowest BCUT2D eigenvalue weighted by Gasteiger charge is -2.32. The van der Waals surface area contributed by atoms with Crippen molar-refractivity contribution in [2.24, 2.45) is 0 Å². The summed E-state index contributed by atoms with van der Waals surface area (Å²) in [6.45, 7) is 0.862. The summed E-state index contributed by atoms with van der Waals surface area (Å²) in [5.74, 6) is 0.100. The van der Waals surface area contributed by atoms with Gasteiger partial charge in [0, 0.05) is 25.3 Å². The van der Waals surface area contributed by atoms with Gasteiger partial charge in [-0.05, 0) is 12.1 Å². The Bertz CT molecular complexity index is 502. The van der Waals surface area contributed by atoms with Crippen LogP contribution in [-0.2, 0) is 4.74 Å². The minimum absolute atomic E-state index is 0.100. The zero-order valence-electron chi connectivity index (χ0n) is 8.93. The molecule has 0 amide bonds. The summed E-state index contributed by atoms with van der Waals surface area (Å²) in [6.07, 6.45) is 0. The lowest BCUT2D eigenvalue weighted by atomic mass is 10.0. The molecule has 1 N–H and O–H groups in total. The summed E-state index contributed by atoms with van der Waals surface area (Å²) in [4.78, 5) is 14.6. The van der Waals surface area contributed by atoms with E-state index < -0.39 is 5.72 Å². The number of carbonyl (C=O) groups is 1. The molecule has 0 spiro atoms. The second-order valence-electron chi connectivity index (χ2n) is 4.61. The van der Waals surface area contributed by atoms with E-state index in [0.717, 1.165) is 17.8 Å². The Kier molecular flexibility index (Phi) is 1.35. The molecule has 0 bridgehead atoms. The molecule has 3 aliphatic rings. The molecular formula is C12H12N2O2. The number of fused-ring (bicyclic) bond motifs is 5. The summed E-state index contributed by atoms with van der Waals surface area (Å²) >= 11 is 0. The maximum absolute atomic E-state index is 12.5. The number of piperazine rings is 1. The van der Waals surface area contributed by atoms with Crippen molar-refractivity contribution in [2.75, 3.05) is 18.6 Å². The molecule has 4 rings (SSSR count). The smallest absolute Gasteiger partial charge is 0.222 e. The molecule has 3 heterocycles. The van der Waals surface area contributed by atoms with Gasteiger partial charge in [-0.3, -0.25) is 4.79 Å². The third-order valence-electron chi connectivity index (χ3n) is 3.96. The fourth-order valence-electron chi connectivity index (χ4n) is 3.18. The standard InChI is InChI=1S/C12H12N2O2/c1-16-12-10-8(13-10)6-14(12)9-5-3-2-4-7(9)11(12)15/h2-5,8,10,13H,6H2,1H3/t8-,10-,12-/m0/s1. The van der Waals surface area contributed by atoms with Crippen molar-refractivity contribution in [3.05, 3.63) is 29.8 Å². The van der Waals surface area contributed by atoms with Gasteiger partial charge in [0.1, 0.15) is 0 Å². The number of rotatable bonds is 1. The van der Waals surface area contributed by atoms with Gasteiger partial charge in [0.15, 0.2) is 0 Å². The number of nitrogens with zero attached hydrogens (tertiary/aromatic N) is 1. The van der Waals surface area contributed by atoms with E-state index in [9.17, 15) is 4.79 Å². The van der Waals surface area contributed by atoms with Crippen molar-refractivity contribution >= 4 is 11.5 Å². The molecule has 1 aromatic rings. The van der Waals surface area contributed by atoms with Gasteiger partial charge in [0.25, 0.3) is 0 Å². The van der Waals surface area contributed by atoms with Gasteiger partial charge >= 0.3 is 0 Å². The number of anilines is 1. The molecule has 0 aliphatic carbocycles. The van der Waals surface area contributed by atoms with Crippen LogP contribution in [0.1, 0.15) is 10.4 Å². The maximum atomic E-state index is 12.5. The van der Waals surface area contributed by atoms with Crippen LogP contribution in [-0.4, -0.2) is 37.2 Å². The number of methoxy groups -OCH3 is 1. The van der Waals surface area contributed by atoms with Crippen LogP contribution in [0.3, 0.4) is 0 Å². The van der Waals surface area contributed by atoms with E-state index in [4.69, 9.17) is 4.74 Å². The molecule has 4 heteroatoms. The number of ketones is 1. The molecule has 2 fully saturated rings. The van der Waals surface area contributed by atoms with Crippen LogP contribution in [0.5, 0.6) is 0 Å². The van der Waals surface area contributed by atoms with Gasteiger partial charge in [-0.1, -0.05) is 12.1 Å². The van der Waals surface area contributed by atoms with Crippen LogP contribution in [0.25, 0.3) is 0 Å². The average Bonchev–Trinajstić information content (AvgIpc) is 2.96. The lowest BCUT2D eigenvalue weighted by Crippen LogP contribution is -2.54. The van der Waals surface area contributed by atoms with Gasteiger partial charge in [-0.15, -0.1) is 0 Å². The Balaban J connectivity index is 1.96. The van der Waals surface area contributed by atoms with Crippen molar-refractivity contribution in [3.8, 4) is 0 Å². The van der Waals surface area contributed by atoms with Crippen LogP contribution in [0.2, 0.25) is 0 Å². The van der Waals surface area contributed by atoms with Crippen LogP contribution in [0, 0.1) is 0 Å². The molecule has 16 heavy (non-hydrogen) atoms. The van der Waals surface area contributed by atoms with E-state index in [1.807, 2.05) is 24.3 Å². The van der Waals surface area contributed by atoms with Crippen molar-refractivity contribution in [3.63, 3.8) is 0 Å². The van der Waals surface area contributed by atoms with E-state index in [2.05, 4.69) is 10.2 Å². The Morgan fingerprint density at radius 2 is 2.31 bits per heavy atom. The second kappa shape index (κ2) is 2.47. The van der Waals surface area contributed by atoms with Crippen molar-refractivity contribution in [2.45, 2.75) is 17.8 Å². The zero-order chi connectivity index (χ0) is 10.9. The highest BCUT2D eigenvalue weighted by Gasteiger charge is 2.70. The first-order valence-electron chi connectivity index (χ1n) is 5.51. The molecule has 0 saturated carbocycles. The molecule has 82 valence electrons. The van der Waals surface area contributed by atoms with Crippen LogP contribution in [0.4, 0.5) is 5.69 Å². The number of hydrogen-bond acceptors (Lipinski definition) is 4. The molecule has 3 atom stereocenters. The Hall–Kier alpha value is -1.39. The lowest BCUT2D eigenvalue weighted by molar-refractivity contribution is 0.0106. The number of nitrogens with one attached hydrogen (secondary N) is 1. The number of benzene rings is 1. The first-order valence-corrected chi connectivity index (χ1v) is 5.51. The summed E-state index contributed by atoms with van der Waals surface area (Å²) < 4.78 is 5.59. The average molecular weight is 216 g/mol. The van der Waals surface area contributed by atoms with E-state index in [1.54, 1.807) is 7.11 Å². The third kappa shape index (κ3) is 0.719. The van der Waals surface area contributed by atoms with E-state index in [-0.39, 0.29) is 11.8 Å². The SMILES string of the molecule is CO[C@@]12C(=O)c3ccccc3N1C[C@@H]1N[C@@H]12. The van der Waals surface area contributed by atoms with E-state index in [0.29, 0.717) is 6.04 Å². The second-order valence-corrected chi connectivity index (χ2v) is 4.61. The van der Waals surface area contributed by atoms with Gasteiger partial charge in [0.2, 0.25) is 11.5 Å². The van der Waals surface area contributed by atoms with Crippen LogP contribution < -0.4 is 10.2 Å². The van der Waals surface area contributed by atoms with Gasteiger partial charge in [-0.2, -0.15) is 0 Å². The molecule has 2 saturated heterocycles. The molecular weight excluding hydrogens is 204 g/mol. The topological polar surface area (TPSA) is 51.5 Å². The molecule has 0 aromatic heterocycles. The third-order valence-corrected chi connectivity index (χ3v) is 3.96. The summed E-state index contributed by atoms with van der Waals surface area (Å²) in [7, 11) is 1.62. The monoisotopic (exact) mass is 216 g/mol. The zero-order valence-corrected chi connectivity index (χ0v) is 8.93. The number of carbonyl (C=O) groups excluding carboxylic acids is 1. The number of hydrogen-bond donors (Lipinski definition) is 1. The van der Waals surface area contributed by atoms with Gasteiger partial charge in [0.05, 0.1) is 11.7 Å². The first-order chi connectivity index (χ1) is 7.79. The van der Waals surface area contributed by atoms with Crippen LogP contribution in [0.15, 0.2) is 24.3 Å². The maximum Gasteiger partial charge on any atom is 0.222 e. The largest absolute Gasteiger partial charge is 0.350 e. The Morgan fingerprint density at radius 1 is 1.50 bits per heavy atom. The summed E-state index contributed by atoms with van der Waals surface area (Å²) in [6, 6.07) is 8.33. The molecule has 3 aliphatic heterocycles. The Morgan fingerprint density at radius 3 is 3.12 bits per heavy atom.